The number of rotatable bonds is 4. The first-order valence-corrected chi connectivity index (χ1v) is 10.3. The van der Waals surface area contributed by atoms with E-state index in [0.29, 0.717) is 33.1 Å². The van der Waals surface area contributed by atoms with E-state index in [2.05, 4.69) is 9.97 Å². The summed E-state index contributed by atoms with van der Waals surface area (Å²) in [5.74, 6) is 1.65. The Balaban J connectivity index is 1.85. The third kappa shape index (κ3) is 3.24. The SMILES string of the molecule is COc1cccc(-c2cn3nc(-c4nccn4C)nc(Cl)c3c2-c2ccccc2)c1Cl. The number of methoxy groups -OCH3 is 1. The average molecular weight is 450 g/mol. The van der Waals surface area contributed by atoms with Gasteiger partial charge in [0.15, 0.2) is 11.0 Å². The van der Waals surface area contributed by atoms with Gasteiger partial charge in [0.05, 0.1) is 12.1 Å². The quantitative estimate of drug-likeness (QED) is 0.348. The van der Waals surface area contributed by atoms with E-state index in [0.717, 1.165) is 22.3 Å². The van der Waals surface area contributed by atoms with Crippen LogP contribution in [0.15, 0.2) is 67.1 Å². The van der Waals surface area contributed by atoms with Crippen LogP contribution in [0.1, 0.15) is 0 Å². The number of aromatic nitrogens is 5. The second-order valence-corrected chi connectivity index (χ2v) is 7.72. The Morgan fingerprint density at radius 1 is 0.968 bits per heavy atom. The van der Waals surface area contributed by atoms with Crippen molar-refractivity contribution in [2.45, 2.75) is 0 Å². The minimum absolute atomic E-state index is 0.331. The molecule has 6 nitrogen and oxygen atoms in total. The Kier molecular flexibility index (Phi) is 4.88. The van der Waals surface area contributed by atoms with E-state index in [9.17, 15) is 0 Å². The molecule has 0 aliphatic carbocycles. The summed E-state index contributed by atoms with van der Waals surface area (Å²) in [6.07, 6.45) is 5.45. The molecule has 0 amide bonds. The second kappa shape index (κ2) is 7.72. The molecule has 0 spiro atoms. The summed E-state index contributed by atoms with van der Waals surface area (Å²) < 4.78 is 9.02. The molecular weight excluding hydrogens is 433 g/mol. The van der Waals surface area contributed by atoms with E-state index in [4.69, 9.17) is 33.0 Å². The van der Waals surface area contributed by atoms with E-state index in [1.54, 1.807) is 17.8 Å². The molecule has 2 aromatic carbocycles. The van der Waals surface area contributed by atoms with E-state index in [1.165, 1.54) is 0 Å². The van der Waals surface area contributed by atoms with Crippen LogP contribution in [-0.4, -0.2) is 31.3 Å². The molecule has 5 rings (SSSR count). The zero-order valence-corrected chi connectivity index (χ0v) is 18.3. The van der Waals surface area contributed by atoms with E-state index in [1.807, 2.05) is 72.5 Å². The fraction of sp³-hybridized carbons (Fsp3) is 0.0870. The van der Waals surface area contributed by atoms with Crippen molar-refractivity contribution in [2.75, 3.05) is 7.11 Å². The number of ether oxygens (including phenoxy) is 1. The summed E-state index contributed by atoms with van der Waals surface area (Å²) in [6, 6.07) is 15.7. The van der Waals surface area contributed by atoms with Crippen LogP contribution >= 0.6 is 23.2 Å². The molecule has 0 saturated carbocycles. The van der Waals surface area contributed by atoms with E-state index in [-0.39, 0.29) is 0 Å². The Morgan fingerprint density at radius 3 is 2.48 bits per heavy atom. The summed E-state index contributed by atoms with van der Waals surface area (Å²) in [7, 11) is 3.48. The summed E-state index contributed by atoms with van der Waals surface area (Å²) in [4.78, 5) is 8.89. The first-order chi connectivity index (χ1) is 15.1. The van der Waals surface area contributed by atoms with Gasteiger partial charge in [0, 0.05) is 42.3 Å². The van der Waals surface area contributed by atoms with Crippen molar-refractivity contribution < 1.29 is 4.74 Å². The van der Waals surface area contributed by atoms with Crippen molar-refractivity contribution in [2.24, 2.45) is 7.05 Å². The fourth-order valence-corrected chi connectivity index (χ4v) is 4.26. The lowest BCUT2D eigenvalue weighted by Crippen LogP contribution is -2.02. The summed E-state index contributed by atoms with van der Waals surface area (Å²) >= 11 is 13.4. The normalized spacial score (nSPS) is 11.2. The molecule has 8 heteroatoms. The van der Waals surface area contributed by atoms with Crippen LogP contribution in [0.25, 0.3) is 39.4 Å². The van der Waals surface area contributed by atoms with Gasteiger partial charge >= 0.3 is 0 Å². The first-order valence-electron chi connectivity index (χ1n) is 9.53. The highest BCUT2D eigenvalue weighted by atomic mass is 35.5. The number of nitrogens with zero attached hydrogens (tertiary/aromatic N) is 5. The van der Waals surface area contributed by atoms with Crippen LogP contribution in [0, 0.1) is 0 Å². The van der Waals surface area contributed by atoms with Crippen LogP contribution in [0.5, 0.6) is 5.75 Å². The Hall–Kier alpha value is -3.35. The number of imidazole rings is 1. The van der Waals surface area contributed by atoms with Crippen LogP contribution in [0.2, 0.25) is 10.2 Å². The van der Waals surface area contributed by atoms with Gasteiger partial charge < -0.3 is 9.30 Å². The highest BCUT2D eigenvalue weighted by Gasteiger charge is 2.22. The predicted octanol–water partition coefficient (Wildman–Crippen LogP) is 5.78. The maximum absolute atomic E-state index is 6.72. The van der Waals surface area contributed by atoms with Crippen LogP contribution < -0.4 is 4.74 Å². The molecule has 154 valence electrons. The summed E-state index contributed by atoms with van der Waals surface area (Å²) in [5.41, 5.74) is 4.27. The first kappa shape index (κ1) is 19.6. The van der Waals surface area contributed by atoms with Gasteiger partial charge in [0.25, 0.3) is 0 Å². The smallest absolute Gasteiger partial charge is 0.217 e. The highest BCUT2D eigenvalue weighted by molar-refractivity contribution is 6.36. The number of benzene rings is 2. The average Bonchev–Trinajstić information content (AvgIpc) is 3.38. The van der Waals surface area contributed by atoms with Crippen LogP contribution in [-0.2, 0) is 7.05 Å². The molecule has 0 aliphatic heterocycles. The van der Waals surface area contributed by atoms with Crippen LogP contribution in [0.4, 0.5) is 0 Å². The summed E-state index contributed by atoms with van der Waals surface area (Å²) in [5, 5.41) is 5.56. The Labute approximate surface area is 188 Å². The molecule has 31 heavy (non-hydrogen) atoms. The Morgan fingerprint density at radius 2 is 1.77 bits per heavy atom. The number of halogens is 2. The van der Waals surface area contributed by atoms with Gasteiger partial charge in [-0.05, 0) is 11.6 Å². The lowest BCUT2D eigenvalue weighted by Gasteiger charge is -2.10. The Bertz CT molecular complexity index is 1410. The number of fused-ring (bicyclic) bond motifs is 1. The highest BCUT2D eigenvalue weighted by Crippen LogP contribution is 2.43. The van der Waals surface area contributed by atoms with Crippen molar-refractivity contribution in [3.05, 3.63) is 77.3 Å². The maximum Gasteiger partial charge on any atom is 0.217 e. The zero-order chi connectivity index (χ0) is 21.5. The third-order valence-corrected chi connectivity index (χ3v) is 5.80. The van der Waals surface area contributed by atoms with Crippen molar-refractivity contribution in [1.82, 2.24) is 24.1 Å². The zero-order valence-electron chi connectivity index (χ0n) is 16.8. The van der Waals surface area contributed by atoms with Gasteiger partial charge in [-0.15, -0.1) is 5.10 Å². The van der Waals surface area contributed by atoms with Crippen molar-refractivity contribution in [3.8, 4) is 39.7 Å². The van der Waals surface area contributed by atoms with Gasteiger partial charge in [0.2, 0.25) is 5.82 Å². The molecule has 0 unspecified atom stereocenters. The predicted molar refractivity (Wildman–Crippen MR) is 123 cm³/mol. The van der Waals surface area contributed by atoms with Crippen molar-refractivity contribution in [1.29, 1.82) is 0 Å². The topological polar surface area (TPSA) is 57.2 Å². The van der Waals surface area contributed by atoms with E-state index < -0.39 is 0 Å². The monoisotopic (exact) mass is 449 g/mol. The van der Waals surface area contributed by atoms with E-state index >= 15 is 0 Å². The molecule has 0 radical (unpaired) electrons. The molecule has 0 aliphatic rings. The van der Waals surface area contributed by atoms with Crippen molar-refractivity contribution >= 4 is 28.7 Å². The number of hydrogen-bond acceptors (Lipinski definition) is 4. The minimum Gasteiger partial charge on any atom is -0.495 e. The van der Waals surface area contributed by atoms with Gasteiger partial charge in [0.1, 0.15) is 11.3 Å². The third-order valence-electron chi connectivity index (χ3n) is 5.15. The molecule has 3 heterocycles. The van der Waals surface area contributed by atoms with Crippen molar-refractivity contribution in [3.63, 3.8) is 0 Å². The molecule has 0 saturated heterocycles. The number of aryl methyl sites for hydroxylation is 1. The fourth-order valence-electron chi connectivity index (χ4n) is 3.69. The van der Waals surface area contributed by atoms with Gasteiger partial charge in [-0.3, -0.25) is 0 Å². The molecule has 0 fully saturated rings. The molecule has 0 bridgehead atoms. The molecular formula is C23H17Cl2N5O. The lowest BCUT2D eigenvalue weighted by molar-refractivity contribution is 0.415. The number of hydrogen-bond donors (Lipinski definition) is 0. The lowest BCUT2D eigenvalue weighted by atomic mass is 9.97. The maximum atomic E-state index is 6.72. The molecule has 3 aromatic heterocycles. The standard InChI is InChI=1S/C23H17Cl2N5O/c1-29-12-11-26-23(29)22-27-21(25)20-18(14-7-4-3-5-8-14)16(13-30(20)28-22)15-9-6-10-17(31-2)19(15)24/h3-13H,1-2H3. The van der Waals surface area contributed by atoms with Gasteiger partial charge in [-0.1, -0.05) is 65.7 Å². The molecule has 0 N–H and O–H groups in total. The van der Waals surface area contributed by atoms with Crippen LogP contribution in [0.3, 0.4) is 0 Å². The largest absolute Gasteiger partial charge is 0.495 e. The summed E-state index contributed by atoms with van der Waals surface area (Å²) in [6.45, 7) is 0. The minimum atomic E-state index is 0.331. The second-order valence-electron chi connectivity index (χ2n) is 6.99. The molecule has 0 atom stereocenters. The molecule has 5 aromatic rings. The van der Waals surface area contributed by atoms with Gasteiger partial charge in [-0.2, -0.15) is 0 Å². The van der Waals surface area contributed by atoms with Gasteiger partial charge in [-0.25, -0.2) is 14.5 Å².